The average molecular weight is 905 g/mol. The van der Waals surface area contributed by atoms with Gasteiger partial charge in [0.1, 0.15) is 13.2 Å². The maximum Gasteiger partial charge on any atom is 0.306 e. The third kappa shape index (κ3) is 51.4. The minimum absolute atomic E-state index is 0.0979. The summed E-state index contributed by atoms with van der Waals surface area (Å²) < 4.78 is 16.8. The van der Waals surface area contributed by atoms with Gasteiger partial charge in [-0.05, 0) is 122 Å². The molecule has 0 aliphatic carbocycles. The van der Waals surface area contributed by atoms with Crippen molar-refractivity contribution in [3.63, 3.8) is 0 Å². The zero-order valence-corrected chi connectivity index (χ0v) is 42.5. The van der Waals surface area contributed by atoms with E-state index in [-0.39, 0.29) is 31.1 Å². The molecule has 0 aromatic carbocycles. The minimum atomic E-state index is -0.800. The third-order valence-corrected chi connectivity index (χ3v) is 11.3. The van der Waals surface area contributed by atoms with Crippen molar-refractivity contribution in [3.05, 3.63) is 85.1 Å². The number of hydrogen-bond acceptors (Lipinski definition) is 6. The predicted octanol–water partition coefficient (Wildman–Crippen LogP) is 18.0. The first-order valence-electron chi connectivity index (χ1n) is 27.1. The molecule has 0 radical (unpaired) electrons. The largest absolute Gasteiger partial charge is 0.462 e. The fourth-order valence-corrected chi connectivity index (χ4v) is 7.21. The second-order valence-corrected chi connectivity index (χ2v) is 17.8. The van der Waals surface area contributed by atoms with Crippen LogP contribution >= 0.6 is 0 Å². The molecule has 1 atom stereocenters. The number of hydrogen-bond donors (Lipinski definition) is 0. The molecule has 0 bridgehead atoms. The van der Waals surface area contributed by atoms with Crippen molar-refractivity contribution < 1.29 is 28.6 Å². The van der Waals surface area contributed by atoms with Gasteiger partial charge in [0.15, 0.2) is 6.10 Å². The van der Waals surface area contributed by atoms with Gasteiger partial charge >= 0.3 is 17.9 Å². The molecule has 0 fully saturated rings. The number of carbonyl (C=O) groups is 3. The van der Waals surface area contributed by atoms with Crippen molar-refractivity contribution >= 4 is 17.9 Å². The van der Waals surface area contributed by atoms with Crippen LogP contribution in [0.5, 0.6) is 0 Å². The highest BCUT2D eigenvalue weighted by atomic mass is 16.6. The molecule has 0 aromatic rings. The molecule has 0 rings (SSSR count). The van der Waals surface area contributed by atoms with Gasteiger partial charge in [-0.3, -0.25) is 14.4 Å². The SMILES string of the molecule is CCCCC/C=C\C/C=C\C/C=C\C/C=C\CCCCCC(=O)OC[C@H](COC(=O)CCCCCCC/C=C\C/C=C\CCCCC)OC(=O)CCCCCCC/C=C\CCCCCC. The van der Waals surface area contributed by atoms with Crippen LogP contribution in [0.3, 0.4) is 0 Å². The highest BCUT2D eigenvalue weighted by molar-refractivity contribution is 5.71. The molecule has 0 unspecified atom stereocenters. The van der Waals surface area contributed by atoms with Gasteiger partial charge in [0.05, 0.1) is 0 Å². The number of allylic oxidation sites excluding steroid dienone is 14. The smallest absolute Gasteiger partial charge is 0.306 e. The Morgan fingerprint density at radius 3 is 0.923 bits per heavy atom. The first-order chi connectivity index (χ1) is 32.0. The highest BCUT2D eigenvalue weighted by Crippen LogP contribution is 2.13. The Hall–Kier alpha value is -3.41. The zero-order chi connectivity index (χ0) is 47.2. The first kappa shape index (κ1) is 61.6. The van der Waals surface area contributed by atoms with Crippen LogP contribution < -0.4 is 0 Å². The van der Waals surface area contributed by atoms with Gasteiger partial charge < -0.3 is 14.2 Å². The molecule has 0 spiro atoms. The number of ether oxygens (including phenoxy) is 3. The maximum absolute atomic E-state index is 12.8. The predicted molar refractivity (Wildman–Crippen MR) is 279 cm³/mol. The van der Waals surface area contributed by atoms with Gasteiger partial charge in [0.2, 0.25) is 0 Å². The summed E-state index contributed by atoms with van der Waals surface area (Å²) >= 11 is 0. The molecule has 6 nitrogen and oxygen atoms in total. The van der Waals surface area contributed by atoms with E-state index < -0.39 is 6.10 Å². The van der Waals surface area contributed by atoms with Crippen LogP contribution in [0.15, 0.2) is 85.1 Å². The summed E-state index contributed by atoms with van der Waals surface area (Å²) in [6.07, 6.45) is 68.5. The molecule has 0 saturated heterocycles. The normalized spacial score (nSPS) is 12.7. The van der Waals surface area contributed by atoms with Crippen molar-refractivity contribution in [3.8, 4) is 0 Å². The summed E-state index contributed by atoms with van der Waals surface area (Å²) in [5.41, 5.74) is 0. The van der Waals surface area contributed by atoms with E-state index in [0.29, 0.717) is 19.3 Å². The van der Waals surface area contributed by atoms with E-state index in [1.807, 2.05) is 0 Å². The Kier molecular flexibility index (Phi) is 50.4. The topological polar surface area (TPSA) is 78.9 Å². The van der Waals surface area contributed by atoms with E-state index in [1.165, 1.54) is 89.9 Å². The van der Waals surface area contributed by atoms with Gasteiger partial charge in [-0.1, -0.05) is 196 Å². The van der Waals surface area contributed by atoms with Gasteiger partial charge in [0.25, 0.3) is 0 Å². The van der Waals surface area contributed by atoms with Gasteiger partial charge in [-0.2, -0.15) is 0 Å². The summed E-state index contributed by atoms with van der Waals surface area (Å²) in [5, 5.41) is 0. The monoisotopic (exact) mass is 905 g/mol. The standard InChI is InChI=1S/C59H100O6/c1-4-7-10-13-16-19-22-25-27-28-29-30-32-35-37-40-43-46-49-52-58(61)64-55-56(65-59(62)53-50-47-44-41-38-33-24-21-18-15-12-9-6-3)54-63-57(60)51-48-45-42-39-36-34-31-26-23-20-17-14-11-8-5-2/h16-17,19-21,24-27,29-31,35,37,56H,4-15,18,22-23,28,32-34,36,38-55H2,1-3H3/b19-16-,20-17-,24-21-,27-25-,30-29-,31-26-,37-35-/t56-/m0/s1. The maximum atomic E-state index is 12.8. The van der Waals surface area contributed by atoms with Crippen LogP contribution in [0.25, 0.3) is 0 Å². The Labute approximate surface area is 401 Å². The summed E-state index contributed by atoms with van der Waals surface area (Å²) in [7, 11) is 0. The van der Waals surface area contributed by atoms with Crippen molar-refractivity contribution in [2.45, 2.75) is 258 Å². The molecular weight excluding hydrogens is 805 g/mol. The van der Waals surface area contributed by atoms with E-state index in [1.54, 1.807) is 0 Å². The Balaban J connectivity index is 4.46. The van der Waals surface area contributed by atoms with Crippen molar-refractivity contribution in [2.24, 2.45) is 0 Å². The molecule has 372 valence electrons. The number of esters is 3. The van der Waals surface area contributed by atoms with Gasteiger partial charge in [0, 0.05) is 19.3 Å². The fraction of sp³-hybridized carbons (Fsp3) is 0.712. The van der Waals surface area contributed by atoms with E-state index in [0.717, 1.165) is 122 Å². The van der Waals surface area contributed by atoms with Crippen molar-refractivity contribution in [1.82, 2.24) is 0 Å². The molecule has 0 heterocycles. The Morgan fingerprint density at radius 2 is 0.554 bits per heavy atom. The second-order valence-electron chi connectivity index (χ2n) is 17.8. The zero-order valence-electron chi connectivity index (χ0n) is 42.5. The molecular formula is C59H100O6. The summed E-state index contributed by atoms with van der Waals surface area (Å²) in [6.45, 7) is 6.52. The fourth-order valence-electron chi connectivity index (χ4n) is 7.21. The second kappa shape index (κ2) is 53.2. The van der Waals surface area contributed by atoms with Crippen LogP contribution in [-0.2, 0) is 28.6 Å². The lowest BCUT2D eigenvalue weighted by Crippen LogP contribution is -2.30. The van der Waals surface area contributed by atoms with Crippen LogP contribution in [0.2, 0.25) is 0 Å². The number of carbonyl (C=O) groups excluding carboxylic acids is 3. The lowest BCUT2D eigenvalue weighted by atomic mass is 10.1. The summed E-state index contributed by atoms with van der Waals surface area (Å²) in [6, 6.07) is 0. The van der Waals surface area contributed by atoms with Gasteiger partial charge in [-0.25, -0.2) is 0 Å². The molecule has 0 N–H and O–H groups in total. The van der Waals surface area contributed by atoms with Crippen LogP contribution in [0, 0.1) is 0 Å². The van der Waals surface area contributed by atoms with Crippen LogP contribution in [0.4, 0.5) is 0 Å². The van der Waals surface area contributed by atoms with E-state index >= 15 is 0 Å². The van der Waals surface area contributed by atoms with E-state index in [4.69, 9.17) is 14.2 Å². The van der Waals surface area contributed by atoms with Crippen molar-refractivity contribution in [1.29, 1.82) is 0 Å². The van der Waals surface area contributed by atoms with Gasteiger partial charge in [-0.15, -0.1) is 0 Å². The lowest BCUT2D eigenvalue weighted by Gasteiger charge is -2.18. The van der Waals surface area contributed by atoms with Crippen LogP contribution in [0.1, 0.15) is 252 Å². The third-order valence-electron chi connectivity index (χ3n) is 11.3. The van der Waals surface area contributed by atoms with E-state index in [9.17, 15) is 14.4 Å². The molecule has 0 aliphatic rings. The highest BCUT2D eigenvalue weighted by Gasteiger charge is 2.19. The lowest BCUT2D eigenvalue weighted by molar-refractivity contribution is -0.167. The van der Waals surface area contributed by atoms with Crippen molar-refractivity contribution in [2.75, 3.05) is 13.2 Å². The summed E-state index contributed by atoms with van der Waals surface area (Å²) in [5.74, 6) is -0.950. The average Bonchev–Trinajstić information content (AvgIpc) is 3.30. The molecule has 0 amide bonds. The Bertz CT molecular complexity index is 1270. The molecule has 6 heteroatoms. The van der Waals surface area contributed by atoms with E-state index in [2.05, 4.69) is 106 Å². The number of unbranched alkanes of at least 4 members (excludes halogenated alkanes) is 23. The molecule has 65 heavy (non-hydrogen) atoms. The molecule has 0 aromatic heterocycles. The Morgan fingerprint density at radius 1 is 0.308 bits per heavy atom. The van der Waals surface area contributed by atoms with Crippen LogP contribution in [-0.4, -0.2) is 37.2 Å². The molecule has 0 saturated carbocycles. The molecule has 0 aliphatic heterocycles. The number of rotatable bonds is 48. The first-order valence-corrected chi connectivity index (χ1v) is 27.1. The summed E-state index contributed by atoms with van der Waals surface area (Å²) in [4.78, 5) is 38.0. The minimum Gasteiger partial charge on any atom is -0.462 e. The quantitative estimate of drug-likeness (QED) is 0.0262.